The molecule has 8 nitrogen and oxygen atoms in total. The van der Waals surface area contributed by atoms with Gasteiger partial charge >= 0.3 is 17.6 Å². The molecule has 0 amide bonds. The third kappa shape index (κ3) is 2.10. The van der Waals surface area contributed by atoms with E-state index in [9.17, 15) is 19.2 Å². The first-order valence-corrected chi connectivity index (χ1v) is 4.62. The lowest BCUT2D eigenvalue weighted by Crippen LogP contribution is -2.39. The highest BCUT2D eigenvalue weighted by Crippen LogP contribution is 2.08. The molecule has 0 bridgehead atoms. The van der Waals surface area contributed by atoms with Crippen LogP contribution in [0.3, 0.4) is 0 Å². The van der Waals surface area contributed by atoms with Crippen molar-refractivity contribution in [1.82, 2.24) is 9.55 Å². The van der Waals surface area contributed by atoms with Crippen LogP contribution in [0.5, 0.6) is 0 Å². The second-order valence-electron chi connectivity index (χ2n) is 3.56. The third-order valence-electron chi connectivity index (χ3n) is 2.08. The molecule has 0 aliphatic heterocycles. The van der Waals surface area contributed by atoms with Gasteiger partial charge in [0.05, 0.1) is 0 Å². The number of aromatic carboxylic acids is 2. The Morgan fingerprint density at radius 3 is 2.06 bits per heavy atom. The van der Waals surface area contributed by atoms with Crippen molar-refractivity contribution >= 4 is 11.9 Å². The van der Waals surface area contributed by atoms with Gasteiger partial charge in [-0.1, -0.05) is 0 Å². The van der Waals surface area contributed by atoms with E-state index >= 15 is 0 Å². The first kappa shape index (κ1) is 12.7. The van der Waals surface area contributed by atoms with Crippen molar-refractivity contribution < 1.29 is 19.8 Å². The summed E-state index contributed by atoms with van der Waals surface area (Å²) in [5, 5.41) is 17.7. The highest BCUT2D eigenvalue weighted by Gasteiger charge is 2.26. The Morgan fingerprint density at radius 1 is 1.18 bits per heavy atom. The van der Waals surface area contributed by atoms with Crippen molar-refractivity contribution in [3.8, 4) is 0 Å². The average molecular weight is 242 g/mol. The molecule has 0 aliphatic rings. The van der Waals surface area contributed by atoms with E-state index in [4.69, 9.17) is 10.2 Å². The minimum atomic E-state index is -1.70. The summed E-state index contributed by atoms with van der Waals surface area (Å²) in [5.74, 6) is -3.34. The normalized spacial score (nSPS) is 10.5. The van der Waals surface area contributed by atoms with Crippen molar-refractivity contribution in [2.45, 2.75) is 19.9 Å². The molecule has 0 radical (unpaired) electrons. The number of hydrogen-bond acceptors (Lipinski definition) is 4. The van der Waals surface area contributed by atoms with E-state index in [2.05, 4.69) is 0 Å². The molecule has 1 aromatic rings. The number of aromatic nitrogens is 2. The Kier molecular flexibility index (Phi) is 3.16. The minimum absolute atomic E-state index is 0.594. The lowest BCUT2D eigenvalue weighted by molar-refractivity contribution is 0.0636. The highest BCUT2D eigenvalue weighted by atomic mass is 16.4. The van der Waals surface area contributed by atoms with Gasteiger partial charge in [-0.3, -0.25) is 14.3 Å². The van der Waals surface area contributed by atoms with Crippen molar-refractivity contribution in [2.24, 2.45) is 0 Å². The summed E-state index contributed by atoms with van der Waals surface area (Å²) < 4.78 is 0.715. The van der Waals surface area contributed by atoms with E-state index in [0.29, 0.717) is 4.57 Å². The van der Waals surface area contributed by atoms with Crippen LogP contribution in [-0.4, -0.2) is 31.7 Å². The van der Waals surface area contributed by atoms with Crippen LogP contribution < -0.4 is 11.2 Å². The summed E-state index contributed by atoms with van der Waals surface area (Å²) in [7, 11) is 0. The molecule has 1 rings (SSSR count). The van der Waals surface area contributed by atoms with Gasteiger partial charge in [0.2, 0.25) is 0 Å². The topological polar surface area (TPSA) is 129 Å². The third-order valence-corrected chi connectivity index (χ3v) is 2.08. The van der Waals surface area contributed by atoms with Gasteiger partial charge in [0.1, 0.15) is 0 Å². The van der Waals surface area contributed by atoms with Gasteiger partial charge in [-0.15, -0.1) is 0 Å². The van der Waals surface area contributed by atoms with E-state index in [0.717, 1.165) is 0 Å². The van der Waals surface area contributed by atoms with E-state index < -0.39 is 40.5 Å². The molecule has 0 spiro atoms. The molecular formula is C9H10N2O6. The molecule has 8 heteroatoms. The number of aromatic amines is 1. The van der Waals surface area contributed by atoms with E-state index in [1.54, 1.807) is 4.98 Å². The molecule has 0 aliphatic carbocycles. The molecule has 17 heavy (non-hydrogen) atoms. The molecule has 0 saturated carbocycles. The number of hydrogen-bond donors (Lipinski definition) is 3. The summed E-state index contributed by atoms with van der Waals surface area (Å²) in [4.78, 5) is 46.3. The molecule has 0 atom stereocenters. The van der Waals surface area contributed by atoms with Gasteiger partial charge in [0.15, 0.2) is 11.3 Å². The Balaban J connectivity index is 3.92. The lowest BCUT2D eigenvalue weighted by Gasteiger charge is -2.14. The molecule has 1 heterocycles. The maximum Gasteiger partial charge on any atom is 0.353 e. The zero-order valence-corrected chi connectivity index (χ0v) is 9.05. The zero-order valence-electron chi connectivity index (χ0n) is 9.05. The fourth-order valence-corrected chi connectivity index (χ4v) is 1.45. The van der Waals surface area contributed by atoms with Crippen molar-refractivity contribution in [1.29, 1.82) is 0 Å². The van der Waals surface area contributed by atoms with Gasteiger partial charge in [-0.2, -0.15) is 0 Å². The first-order chi connectivity index (χ1) is 7.77. The maximum absolute atomic E-state index is 11.4. The molecule has 92 valence electrons. The largest absolute Gasteiger partial charge is 0.477 e. The molecule has 1 aromatic heterocycles. The second kappa shape index (κ2) is 4.24. The SMILES string of the molecule is CC(C)n1c(C(=O)O)c(C(=O)O)c(=O)[nH]c1=O. The van der Waals surface area contributed by atoms with Crippen LogP contribution in [0.15, 0.2) is 9.59 Å². The minimum Gasteiger partial charge on any atom is -0.477 e. The lowest BCUT2D eigenvalue weighted by atomic mass is 10.2. The van der Waals surface area contributed by atoms with Gasteiger partial charge < -0.3 is 10.2 Å². The standard InChI is InChI=1S/C9H10N2O6/c1-3(2)11-5(8(15)16)4(7(13)14)6(12)10-9(11)17/h3H,1-2H3,(H,13,14)(H,15,16)(H,10,12,17). The van der Waals surface area contributed by atoms with Crippen LogP contribution in [0.1, 0.15) is 40.7 Å². The predicted octanol–water partition coefficient (Wildman–Crippen LogP) is -0.486. The zero-order chi connectivity index (χ0) is 13.3. The Bertz CT molecular complexity index is 594. The smallest absolute Gasteiger partial charge is 0.353 e. The fraction of sp³-hybridized carbons (Fsp3) is 0.333. The maximum atomic E-state index is 11.4. The highest BCUT2D eigenvalue weighted by molar-refractivity contribution is 6.00. The summed E-state index contributed by atoms with van der Waals surface area (Å²) in [6, 6.07) is -0.594. The van der Waals surface area contributed by atoms with E-state index in [1.165, 1.54) is 13.8 Å². The number of nitrogens with zero attached hydrogens (tertiary/aromatic N) is 1. The monoisotopic (exact) mass is 242 g/mol. The molecule has 0 fully saturated rings. The molecule has 0 unspecified atom stereocenters. The Labute approximate surface area is 94.1 Å². The number of nitrogens with one attached hydrogen (secondary N) is 1. The quantitative estimate of drug-likeness (QED) is 0.656. The Hall–Kier alpha value is -2.38. The fourth-order valence-electron chi connectivity index (χ4n) is 1.45. The number of rotatable bonds is 3. The molecule has 0 saturated heterocycles. The van der Waals surface area contributed by atoms with Gasteiger partial charge in [-0.05, 0) is 13.8 Å². The van der Waals surface area contributed by atoms with E-state index in [1.807, 2.05) is 0 Å². The van der Waals surface area contributed by atoms with Gasteiger partial charge in [-0.25, -0.2) is 14.4 Å². The van der Waals surface area contributed by atoms with Gasteiger partial charge in [0, 0.05) is 6.04 Å². The number of H-pyrrole nitrogens is 1. The molecule has 0 aromatic carbocycles. The number of carboxylic acids is 2. The average Bonchev–Trinajstić information content (AvgIpc) is 2.14. The first-order valence-electron chi connectivity index (χ1n) is 4.62. The Morgan fingerprint density at radius 2 is 1.71 bits per heavy atom. The summed E-state index contributed by atoms with van der Waals surface area (Å²) in [6.07, 6.45) is 0. The summed E-state index contributed by atoms with van der Waals surface area (Å²) in [6.45, 7) is 3.00. The van der Waals surface area contributed by atoms with E-state index in [-0.39, 0.29) is 0 Å². The van der Waals surface area contributed by atoms with Crippen molar-refractivity contribution in [2.75, 3.05) is 0 Å². The van der Waals surface area contributed by atoms with Crippen molar-refractivity contribution in [3.63, 3.8) is 0 Å². The van der Waals surface area contributed by atoms with Crippen LogP contribution >= 0.6 is 0 Å². The molecule has 3 N–H and O–H groups in total. The second-order valence-corrected chi connectivity index (χ2v) is 3.56. The summed E-state index contributed by atoms with van der Waals surface area (Å²) in [5.41, 5.74) is -3.95. The van der Waals surface area contributed by atoms with Crippen LogP contribution in [0, 0.1) is 0 Å². The number of carbonyl (C=O) groups is 2. The van der Waals surface area contributed by atoms with Gasteiger partial charge in [0.25, 0.3) is 5.56 Å². The molecular weight excluding hydrogens is 232 g/mol. The van der Waals surface area contributed by atoms with Crippen LogP contribution in [0.4, 0.5) is 0 Å². The predicted molar refractivity (Wildman–Crippen MR) is 55.6 cm³/mol. The number of carboxylic acid groups (broad SMARTS) is 2. The summed E-state index contributed by atoms with van der Waals surface area (Å²) >= 11 is 0. The van der Waals surface area contributed by atoms with Crippen molar-refractivity contribution in [3.05, 3.63) is 32.1 Å². The van der Waals surface area contributed by atoms with Crippen LogP contribution in [0.2, 0.25) is 0 Å². The van der Waals surface area contributed by atoms with Crippen LogP contribution in [0.25, 0.3) is 0 Å². The van der Waals surface area contributed by atoms with Crippen LogP contribution in [-0.2, 0) is 0 Å².